The Labute approximate surface area is 143 Å². The van der Waals surface area contributed by atoms with Crippen LogP contribution in [0.15, 0.2) is 24.3 Å². The first-order chi connectivity index (χ1) is 11.4. The van der Waals surface area contributed by atoms with Crippen LogP contribution in [0.4, 0.5) is 4.39 Å². The molecule has 1 aliphatic carbocycles. The van der Waals surface area contributed by atoms with E-state index in [2.05, 4.69) is 0 Å². The molecule has 1 unspecified atom stereocenters. The fraction of sp³-hybridized carbons (Fsp3) is 0.611. The molecule has 1 aliphatic heterocycles. The van der Waals surface area contributed by atoms with E-state index in [1.165, 1.54) is 12.1 Å². The van der Waals surface area contributed by atoms with Crippen molar-refractivity contribution in [3.05, 3.63) is 35.6 Å². The molecule has 0 N–H and O–H groups in total. The van der Waals surface area contributed by atoms with Gasteiger partial charge in [0.15, 0.2) is 9.84 Å². The largest absolute Gasteiger partial charge is 0.339 e. The highest BCUT2D eigenvalue weighted by molar-refractivity contribution is 7.91. The molecule has 2 aliphatic rings. The summed E-state index contributed by atoms with van der Waals surface area (Å²) in [4.78, 5) is 14.8. The molecule has 1 aromatic rings. The van der Waals surface area contributed by atoms with Gasteiger partial charge in [0.1, 0.15) is 5.82 Å². The van der Waals surface area contributed by atoms with Crippen LogP contribution < -0.4 is 0 Å². The summed E-state index contributed by atoms with van der Waals surface area (Å²) in [5.41, 5.74) is 0.992. The molecule has 1 heterocycles. The van der Waals surface area contributed by atoms with E-state index in [9.17, 15) is 17.6 Å². The Bertz CT molecular complexity index is 681. The zero-order chi connectivity index (χ0) is 17.2. The molecule has 24 heavy (non-hydrogen) atoms. The van der Waals surface area contributed by atoms with Crippen molar-refractivity contribution in [2.75, 3.05) is 18.1 Å². The minimum Gasteiger partial charge on any atom is -0.339 e. The summed E-state index contributed by atoms with van der Waals surface area (Å²) >= 11 is 0. The van der Waals surface area contributed by atoms with Gasteiger partial charge in [-0.05, 0) is 43.4 Å². The zero-order valence-corrected chi connectivity index (χ0v) is 14.6. The maximum atomic E-state index is 13.0. The Balaban J connectivity index is 1.69. The maximum Gasteiger partial charge on any atom is 0.226 e. The molecule has 1 atom stereocenters. The second kappa shape index (κ2) is 7.21. The molecule has 0 aromatic heterocycles. The van der Waals surface area contributed by atoms with E-state index in [-0.39, 0.29) is 35.2 Å². The molecule has 1 saturated heterocycles. The van der Waals surface area contributed by atoms with Gasteiger partial charge in [0.25, 0.3) is 0 Å². The monoisotopic (exact) mass is 353 g/mol. The van der Waals surface area contributed by atoms with Crippen LogP contribution >= 0.6 is 0 Å². The van der Waals surface area contributed by atoms with Gasteiger partial charge in [-0.1, -0.05) is 25.0 Å². The quantitative estimate of drug-likeness (QED) is 0.817. The molecule has 6 heteroatoms. The molecule has 2 fully saturated rings. The third kappa shape index (κ3) is 4.15. The van der Waals surface area contributed by atoms with Crippen LogP contribution in [0.1, 0.15) is 37.7 Å². The van der Waals surface area contributed by atoms with Gasteiger partial charge in [-0.15, -0.1) is 0 Å². The Morgan fingerprint density at radius 3 is 2.38 bits per heavy atom. The van der Waals surface area contributed by atoms with Crippen molar-refractivity contribution in [3.63, 3.8) is 0 Å². The molecule has 1 amide bonds. The lowest BCUT2D eigenvalue weighted by molar-refractivity contribution is -0.137. The summed E-state index contributed by atoms with van der Waals surface area (Å²) in [5, 5.41) is 0. The lowest BCUT2D eigenvalue weighted by Gasteiger charge is -2.31. The van der Waals surface area contributed by atoms with Crippen molar-refractivity contribution >= 4 is 15.7 Å². The van der Waals surface area contributed by atoms with Gasteiger partial charge in [0.2, 0.25) is 5.91 Å². The highest BCUT2D eigenvalue weighted by Crippen LogP contribution is 2.28. The Morgan fingerprint density at radius 1 is 1.12 bits per heavy atom. The van der Waals surface area contributed by atoms with Gasteiger partial charge in [-0.25, -0.2) is 12.8 Å². The van der Waals surface area contributed by atoms with Crippen molar-refractivity contribution in [2.24, 2.45) is 5.92 Å². The number of amides is 1. The van der Waals surface area contributed by atoms with Crippen LogP contribution in [0.5, 0.6) is 0 Å². The Morgan fingerprint density at radius 2 is 1.79 bits per heavy atom. The predicted octanol–water partition coefficient (Wildman–Crippen LogP) is 2.57. The van der Waals surface area contributed by atoms with Gasteiger partial charge >= 0.3 is 0 Å². The number of hydrogen-bond acceptors (Lipinski definition) is 3. The summed E-state index contributed by atoms with van der Waals surface area (Å²) < 4.78 is 36.4. The van der Waals surface area contributed by atoms with E-state index in [1.807, 2.05) is 4.90 Å². The molecular formula is C18H24FNO3S. The maximum absolute atomic E-state index is 13.0. The zero-order valence-electron chi connectivity index (χ0n) is 13.8. The van der Waals surface area contributed by atoms with Crippen LogP contribution in [-0.4, -0.2) is 43.3 Å². The van der Waals surface area contributed by atoms with Crippen LogP contribution in [0, 0.1) is 11.7 Å². The van der Waals surface area contributed by atoms with E-state index >= 15 is 0 Å². The topological polar surface area (TPSA) is 54.5 Å². The molecule has 4 nitrogen and oxygen atoms in total. The number of carbonyl (C=O) groups excluding carboxylic acids is 1. The van der Waals surface area contributed by atoms with Crippen molar-refractivity contribution < 1.29 is 17.6 Å². The summed E-state index contributed by atoms with van der Waals surface area (Å²) in [7, 11) is -3.06. The van der Waals surface area contributed by atoms with Crippen LogP contribution in [0.25, 0.3) is 0 Å². The van der Waals surface area contributed by atoms with Crippen LogP contribution in [0.3, 0.4) is 0 Å². The number of benzene rings is 1. The van der Waals surface area contributed by atoms with E-state index in [0.29, 0.717) is 19.4 Å². The predicted molar refractivity (Wildman–Crippen MR) is 90.8 cm³/mol. The summed E-state index contributed by atoms with van der Waals surface area (Å²) in [6.07, 6.45) is 5.34. The SMILES string of the molecule is O=C(C1CCS(=O)(=O)C1)N(CCc1ccc(F)cc1)C1CCCC1. The lowest BCUT2D eigenvalue weighted by atomic mass is 10.0. The van der Waals surface area contributed by atoms with Crippen LogP contribution in [0.2, 0.25) is 0 Å². The second-order valence-corrected chi connectivity index (χ2v) is 9.18. The molecule has 132 valence electrons. The normalized spacial score (nSPS) is 23.5. The summed E-state index contributed by atoms with van der Waals surface area (Å²) in [6.45, 7) is 0.575. The minimum atomic E-state index is -3.06. The standard InChI is InChI=1S/C18H24FNO3S/c19-16-7-5-14(6-8-16)9-11-20(17-3-1-2-4-17)18(21)15-10-12-24(22,23)13-15/h5-8,15,17H,1-4,9-13H2. The van der Waals surface area contributed by atoms with Gasteiger partial charge in [-0.3, -0.25) is 4.79 Å². The van der Waals surface area contributed by atoms with Gasteiger partial charge in [0, 0.05) is 12.6 Å². The average molecular weight is 353 g/mol. The second-order valence-electron chi connectivity index (χ2n) is 6.95. The van der Waals surface area contributed by atoms with E-state index in [0.717, 1.165) is 31.2 Å². The van der Waals surface area contributed by atoms with Crippen molar-refractivity contribution in [3.8, 4) is 0 Å². The third-order valence-electron chi connectivity index (χ3n) is 5.18. The average Bonchev–Trinajstić information content (AvgIpc) is 3.19. The number of carbonyl (C=O) groups is 1. The number of hydrogen-bond donors (Lipinski definition) is 0. The third-order valence-corrected chi connectivity index (χ3v) is 6.95. The molecule has 0 bridgehead atoms. The fourth-order valence-electron chi connectivity index (χ4n) is 3.81. The fourth-order valence-corrected chi connectivity index (χ4v) is 5.55. The van der Waals surface area contributed by atoms with Crippen molar-refractivity contribution in [1.82, 2.24) is 4.90 Å². The number of halogens is 1. The van der Waals surface area contributed by atoms with Crippen molar-refractivity contribution in [2.45, 2.75) is 44.6 Å². The molecule has 0 radical (unpaired) electrons. The molecule has 1 saturated carbocycles. The van der Waals surface area contributed by atoms with Crippen LogP contribution in [-0.2, 0) is 21.1 Å². The van der Waals surface area contributed by atoms with Gasteiger partial charge in [-0.2, -0.15) is 0 Å². The van der Waals surface area contributed by atoms with Crippen molar-refractivity contribution in [1.29, 1.82) is 0 Å². The van der Waals surface area contributed by atoms with E-state index < -0.39 is 9.84 Å². The first-order valence-electron chi connectivity index (χ1n) is 8.70. The number of nitrogens with zero attached hydrogens (tertiary/aromatic N) is 1. The highest BCUT2D eigenvalue weighted by Gasteiger charge is 2.37. The first kappa shape index (κ1) is 17.4. The Hall–Kier alpha value is -1.43. The summed E-state index contributed by atoms with van der Waals surface area (Å²) in [5.74, 6) is -0.543. The highest BCUT2D eigenvalue weighted by atomic mass is 32.2. The van der Waals surface area contributed by atoms with Gasteiger partial charge in [0.05, 0.1) is 17.4 Å². The lowest BCUT2D eigenvalue weighted by Crippen LogP contribution is -2.44. The van der Waals surface area contributed by atoms with E-state index in [4.69, 9.17) is 0 Å². The molecule has 1 aromatic carbocycles. The molecule has 3 rings (SSSR count). The van der Waals surface area contributed by atoms with E-state index in [1.54, 1.807) is 12.1 Å². The first-order valence-corrected chi connectivity index (χ1v) is 10.5. The summed E-state index contributed by atoms with van der Waals surface area (Å²) in [6, 6.07) is 6.57. The smallest absolute Gasteiger partial charge is 0.226 e. The van der Waals surface area contributed by atoms with Gasteiger partial charge < -0.3 is 4.90 Å². The molecule has 0 spiro atoms. The minimum absolute atomic E-state index is 0.00833. The number of sulfone groups is 1. The molecular weight excluding hydrogens is 329 g/mol. The number of rotatable bonds is 5. The Kier molecular flexibility index (Phi) is 5.23.